The Kier molecular flexibility index (Phi) is 3.81. The van der Waals surface area contributed by atoms with Crippen molar-refractivity contribution < 1.29 is 14.4 Å². The Morgan fingerprint density at radius 3 is 3.26 bits per heavy atom. The van der Waals surface area contributed by atoms with Crippen molar-refractivity contribution in [2.45, 2.75) is 50.9 Å². The summed E-state index contributed by atoms with van der Waals surface area (Å²) in [5.41, 5.74) is 0. The van der Waals surface area contributed by atoms with Crippen LogP contribution in [0.25, 0.3) is 0 Å². The van der Waals surface area contributed by atoms with E-state index in [0.29, 0.717) is 30.6 Å². The predicted molar refractivity (Wildman–Crippen MR) is 67.6 cm³/mol. The molecule has 0 amide bonds. The summed E-state index contributed by atoms with van der Waals surface area (Å²) >= 11 is 0. The van der Waals surface area contributed by atoms with Gasteiger partial charge in [0.1, 0.15) is 6.10 Å². The maximum atomic E-state index is 9.59. The Balaban J connectivity index is 1.62. The van der Waals surface area contributed by atoms with Gasteiger partial charge in [0, 0.05) is 12.6 Å². The standard InChI is InChI=1S/C13H21N3O3/c1-2-10(17)6-12-14-13(15-19-12)11-7-16-5-3-4-9(16)8-18-11/h9-11,17H,2-8H2,1H3. The molecule has 0 aromatic carbocycles. The van der Waals surface area contributed by atoms with Gasteiger partial charge in [0.05, 0.1) is 19.1 Å². The smallest absolute Gasteiger partial charge is 0.229 e. The molecule has 0 saturated carbocycles. The Labute approximate surface area is 112 Å². The van der Waals surface area contributed by atoms with Crippen molar-refractivity contribution in [1.82, 2.24) is 15.0 Å². The molecule has 1 N–H and O–H groups in total. The zero-order valence-corrected chi connectivity index (χ0v) is 11.3. The molecule has 6 heteroatoms. The summed E-state index contributed by atoms with van der Waals surface area (Å²) < 4.78 is 11.0. The van der Waals surface area contributed by atoms with E-state index < -0.39 is 6.10 Å². The lowest BCUT2D eigenvalue weighted by atomic mass is 10.2. The molecule has 2 aliphatic heterocycles. The number of rotatable bonds is 4. The third kappa shape index (κ3) is 2.80. The molecule has 0 aliphatic carbocycles. The molecule has 6 nitrogen and oxygen atoms in total. The van der Waals surface area contributed by atoms with Crippen molar-refractivity contribution in [2.24, 2.45) is 0 Å². The lowest BCUT2D eigenvalue weighted by molar-refractivity contribution is -0.0548. The molecule has 2 aliphatic rings. The van der Waals surface area contributed by atoms with E-state index in [-0.39, 0.29) is 6.10 Å². The van der Waals surface area contributed by atoms with E-state index in [4.69, 9.17) is 9.26 Å². The topological polar surface area (TPSA) is 71.6 Å². The summed E-state index contributed by atoms with van der Waals surface area (Å²) in [6.07, 6.45) is 3.08. The molecule has 0 radical (unpaired) electrons. The molecule has 3 heterocycles. The van der Waals surface area contributed by atoms with Crippen LogP contribution in [0.4, 0.5) is 0 Å². The van der Waals surface area contributed by atoms with Crippen molar-refractivity contribution in [3.8, 4) is 0 Å². The van der Waals surface area contributed by atoms with Crippen molar-refractivity contribution in [3.05, 3.63) is 11.7 Å². The third-order valence-electron chi connectivity index (χ3n) is 4.04. The number of aromatic nitrogens is 2. The van der Waals surface area contributed by atoms with Gasteiger partial charge in [-0.3, -0.25) is 4.90 Å². The maximum absolute atomic E-state index is 9.59. The van der Waals surface area contributed by atoms with Gasteiger partial charge in [-0.2, -0.15) is 4.98 Å². The van der Waals surface area contributed by atoms with E-state index >= 15 is 0 Å². The quantitative estimate of drug-likeness (QED) is 0.874. The van der Waals surface area contributed by atoms with Crippen LogP contribution < -0.4 is 0 Å². The number of aliphatic hydroxyl groups excluding tert-OH is 1. The van der Waals surface area contributed by atoms with Crippen LogP contribution in [0.3, 0.4) is 0 Å². The first-order valence-electron chi connectivity index (χ1n) is 7.12. The van der Waals surface area contributed by atoms with Crippen LogP contribution in [0.15, 0.2) is 4.52 Å². The largest absolute Gasteiger partial charge is 0.393 e. The minimum atomic E-state index is -0.413. The fraction of sp³-hybridized carbons (Fsp3) is 0.846. The molecular weight excluding hydrogens is 246 g/mol. The van der Waals surface area contributed by atoms with Gasteiger partial charge in [-0.25, -0.2) is 0 Å². The van der Waals surface area contributed by atoms with Gasteiger partial charge < -0.3 is 14.4 Å². The van der Waals surface area contributed by atoms with E-state index in [9.17, 15) is 5.11 Å². The van der Waals surface area contributed by atoms with Gasteiger partial charge >= 0.3 is 0 Å². The number of nitrogens with zero attached hydrogens (tertiary/aromatic N) is 3. The van der Waals surface area contributed by atoms with Gasteiger partial charge in [0.15, 0.2) is 0 Å². The highest BCUT2D eigenvalue weighted by Gasteiger charge is 2.34. The first-order valence-corrected chi connectivity index (χ1v) is 7.12. The van der Waals surface area contributed by atoms with Gasteiger partial charge in [-0.15, -0.1) is 0 Å². The second kappa shape index (κ2) is 5.56. The number of hydrogen-bond acceptors (Lipinski definition) is 6. The molecule has 3 rings (SSSR count). The average molecular weight is 267 g/mol. The van der Waals surface area contributed by atoms with Gasteiger partial charge in [0.25, 0.3) is 0 Å². The molecule has 19 heavy (non-hydrogen) atoms. The Bertz CT molecular complexity index is 423. The number of ether oxygens (including phenoxy) is 1. The molecule has 0 bridgehead atoms. The Hall–Kier alpha value is -0.980. The van der Waals surface area contributed by atoms with Crippen molar-refractivity contribution in [3.63, 3.8) is 0 Å². The fourth-order valence-corrected chi connectivity index (χ4v) is 2.80. The number of hydrogen-bond donors (Lipinski definition) is 1. The number of morpholine rings is 1. The summed E-state index contributed by atoms with van der Waals surface area (Å²) in [5.74, 6) is 1.11. The second-order valence-corrected chi connectivity index (χ2v) is 5.43. The lowest BCUT2D eigenvalue weighted by Crippen LogP contribution is -2.42. The minimum absolute atomic E-state index is 0.0920. The third-order valence-corrected chi connectivity index (χ3v) is 4.04. The SMILES string of the molecule is CCC(O)Cc1nc(C2CN3CCCC3CO2)no1. The highest BCUT2D eigenvalue weighted by atomic mass is 16.5. The zero-order chi connectivity index (χ0) is 13.2. The fourth-order valence-electron chi connectivity index (χ4n) is 2.80. The summed E-state index contributed by atoms with van der Waals surface area (Å²) in [7, 11) is 0. The van der Waals surface area contributed by atoms with Crippen LogP contribution in [-0.4, -0.2) is 52.0 Å². The maximum Gasteiger partial charge on any atom is 0.229 e. The molecule has 3 atom stereocenters. The van der Waals surface area contributed by atoms with Crippen LogP contribution in [0.5, 0.6) is 0 Å². The molecule has 106 valence electrons. The molecule has 1 aromatic heterocycles. The predicted octanol–water partition coefficient (Wildman–Crippen LogP) is 0.919. The summed E-state index contributed by atoms with van der Waals surface area (Å²) in [4.78, 5) is 6.80. The Morgan fingerprint density at radius 2 is 2.42 bits per heavy atom. The molecule has 0 spiro atoms. The molecule has 1 aromatic rings. The second-order valence-electron chi connectivity index (χ2n) is 5.43. The summed E-state index contributed by atoms with van der Waals surface area (Å²) in [6, 6.07) is 0.574. The molecular formula is C13H21N3O3. The summed E-state index contributed by atoms with van der Waals surface area (Å²) in [6.45, 7) is 4.68. The van der Waals surface area contributed by atoms with Crippen LogP contribution in [0, 0.1) is 0 Å². The van der Waals surface area contributed by atoms with Crippen molar-refractivity contribution in [2.75, 3.05) is 19.7 Å². The molecule has 3 unspecified atom stereocenters. The van der Waals surface area contributed by atoms with E-state index in [0.717, 1.165) is 19.7 Å². The van der Waals surface area contributed by atoms with Crippen molar-refractivity contribution in [1.29, 1.82) is 0 Å². The highest BCUT2D eigenvalue weighted by Crippen LogP contribution is 2.28. The molecule has 2 saturated heterocycles. The summed E-state index contributed by atoms with van der Waals surface area (Å²) in [5, 5.41) is 13.6. The average Bonchev–Trinajstić information content (AvgIpc) is 3.05. The normalized spacial score (nSPS) is 29.4. The number of aliphatic hydroxyl groups is 1. The van der Waals surface area contributed by atoms with Crippen LogP contribution in [-0.2, 0) is 11.2 Å². The number of fused-ring (bicyclic) bond motifs is 1. The zero-order valence-electron chi connectivity index (χ0n) is 11.3. The molecule has 2 fully saturated rings. The van der Waals surface area contributed by atoms with E-state index in [1.165, 1.54) is 12.8 Å². The van der Waals surface area contributed by atoms with Crippen LogP contribution in [0.2, 0.25) is 0 Å². The van der Waals surface area contributed by atoms with Crippen molar-refractivity contribution >= 4 is 0 Å². The minimum Gasteiger partial charge on any atom is -0.393 e. The van der Waals surface area contributed by atoms with Crippen LogP contribution >= 0.6 is 0 Å². The first kappa shape index (κ1) is 13.0. The van der Waals surface area contributed by atoms with E-state index in [1.54, 1.807) is 0 Å². The van der Waals surface area contributed by atoms with Gasteiger partial charge in [0.2, 0.25) is 11.7 Å². The van der Waals surface area contributed by atoms with Gasteiger partial charge in [-0.1, -0.05) is 12.1 Å². The lowest BCUT2D eigenvalue weighted by Gasteiger charge is -2.33. The van der Waals surface area contributed by atoms with E-state index in [1.807, 2.05) is 6.92 Å². The monoisotopic (exact) mass is 267 g/mol. The van der Waals surface area contributed by atoms with E-state index in [2.05, 4.69) is 15.0 Å². The highest BCUT2D eigenvalue weighted by molar-refractivity contribution is 4.97. The van der Waals surface area contributed by atoms with Crippen LogP contribution in [0.1, 0.15) is 44.0 Å². The Morgan fingerprint density at radius 1 is 1.53 bits per heavy atom. The van der Waals surface area contributed by atoms with Gasteiger partial charge in [-0.05, 0) is 25.8 Å². The first-order chi connectivity index (χ1) is 9.26.